The first-order valence-electron chi connectivity index (χ1n) is 9.25. The molecule has 148 valence electrons. The molecule has 2 aromatic carbocycles. The van der Waals surface area contributed by atoms with E-state index in [1.54, 1.807) is 18.2 Å². The van der Waals surface area contributed by atoms with Crippen LogP contribution < -0.4 is 10.2 Å². The lowest BCUT2D eigenvalue weighted by molar-refractivity contribution is -0.384. The van der Waals surface area contributed by atoms with Crippen LogP contribution in [-0.4, -0.2) is 48.5 Å². The number of piperazine rings is 1. The van der Waals surface area contributed by atoms with Crippen LogP contribution in [0.5, 0.6) is 0 Å². The Hall–Kier alpha value is -2.64. The number of nitro groups is 1. The van der Waals surface area contributed by atoms with Crippen LogP contribution in [0.15, 0.2) is 48.5 Å². The van der Waals surface area contributed by atoms with Gasteiger partial charge in [-0.1, -0.05) is 41.9 Å². The minimum Gasteiger partial charge on any atom is -0.363 e. The van der Waals surface area contributed by atoms with Gasteiger partial charge in [0.2, 0.25) is 5.91 Å². The van der Waals surface area contributed by atoms with Gasteiger partial charge in [-0.25, -0.2) is 0 Å². The highest BCUT2D eigenvalue weighted by molar-refractivity contribution is 6.31. The number of anilines is 1. The minimum absolute atomic E-state index is 0.0129. The number of para-hydroxylation sites is 2. The third-order valence-corrected chi connectivity index (χ3v) is 5.25. The predicted octanol–water partition coefficient (Wildman–Crippen LogP) is 3.08. The van der Waals surface area contributed by atoms with E-state index in [1.165, 1.54) is 6.07 Å². The summed E-state index contributed by atoms with van der Waals surface area (Å²) in [6.45, 7) is 4.02. The molecule has 28 heavy (non-hydrogen) atoms. The summed E-state index contributed by atoms with van der Waals surface area (Å²) in [6, 6.07) is 14.3. The monoisotopic (exact) mass is 402 g/mol. The number of amides is 1. The highest BCUT2D eigenvalue weighted by atomic mass is 35.5. The van der Waals surface area contributed by atoms with Crippen LogP contribution in [0.25, 0.3) is 0 Å². The molecule has 0 atom stereocenters. The summed E-state index contributed by atoms with van der Waals surface area (Å²) in [5, 5.41) is 14.8. The molecule has 2 aromatic rings. The van der Waals surface area contributed by atoms with E-state index in [0.717, 1.165) is 18.7 Å². The van der Waals surface area contributed by atoms with Gasteiger partial charge in [0, 0.05) is 56.8 Å². The van der Waals surface area contributed by atoms with E-state index in [2.05, 4.69) is 10.2 Å². The third-order valence-electron chi connectivity index (χ3n) is 4.88. The number of nitro benzene ring substituents is 1. The van der Waals surface area contributed by atoms with Crippen molar-refractivity contribution in [3.8, 4) is 0 Å². The molecular weight excluding hydrogens is 380 g/mol. The second-order valence-electron chi connectivity index (χ2n) is 6.69. The van der Waals surface area contributed by atoms with Gasteiger partial charge in [0.1, 0.15) is 5.69 Å². The number of halogens is 1. The second-order valence-corrected chi connectivity index (χ2v) is 7.10. The zero-order chi connectivity index (χ0) is 19.9. The standard InChI is InChI=1S/C20H23ClN4O3/c21-17-6-2-1-5-16(17)15-22-20(26)9-10-23-11-13-24(14-12-23)18-7-3-4-8-19(18)25(27)28/h1-8H,9-15H2,(H,22,26). The number of rotatable bonds is 7. The summed E-state index contributed by atoms with van der Waals surface area (Å²) in [5.41, 5.74) is 1.69. The second kappa shape index (κ2) is 9.52. The molecule has 1 aliphatic rings. The maximum Gasteiger partial charge on any atom is 0.292 e. The largest absolute Gasteiger partial charge is 0.363 e. The maximum absolute atomic E-state index is 12.1. The van der Waals surface area contributed by atoms with E-state index in [9.17, 15) is 14.9 Å². The van der Waals surface area contributed by atoms with Gasteiger partial charge < -0.3 is 10.2 Å². The lowest BCUT2D eigenvalue weighted by Crippen LogP contribution is -2.47. The van der Waals surface area contributed by atoms with Crippen molar-refractivity contribution in [2.75, 3.05) is 37.6 Å². The summed E-state index contributed by atoms with van der Waals surface area (Å²) in [7, 11) is 0. The van der Waals surface area contributed by atoms with Crippen LogP contribution in [0.3, 0.4) is 0 Å². The van der Waals surface area contributed by atoms with Gasteiger partial charge >= 0.3 is 0 Å². The molecule has 7 nitrogen and oxygen atoms in total. The van der Waals surface area contributed by atoms with Crippen molar-refractivity contribution in [3.05, 3.63) is 69.2 Å². The first-order chi connectivity index (χ1) is 13.5. The molecule has 1 fully saturated rings. The summed E-state index contributed by atoms with van der Waals surface area (Å²) in [4.78, 5) is 27.2. The summed E-state index contributed by atoms with van der Waals surface area (Å²) in [6.07, 6.45) is 0.413. The average molecular weight is 403 g/mol. The molecule has 0 aromatic heterocycles. The quantitative estimate of drug-likeness (QED) is 0.568. The van der Waals surface area contributed by atoms with Crippen LogP contribution in [0.1, 0.15) is 12.0 Å². The summed E-state index contributed by atoms with van der Waals surface area (Å²) < 4.78 is 0. The Kier molecular flexibility index (Phi) is 6.84. The Labute approximate surface area is 169 Å². The number of carbonyl (C=O) groups is 1. The molecule has 1 heterocycles. The number of hydrogen-bond donors (Lipinski definition) is 1. The fourth-order valence-electron chi connectivity index (χ4n) is 3.28. The molecule has 1 saturated heterocycles. The molecule has 0 saturated carbocycles. The molecular formula is C20H23ClN4O3. The van der Waals surface area contributed by atoms with Crippen LogP contribution in [0.2, 0.25) is 5.02 Å². The normalized spacial score (nSPS) is 14.7. The van der Waals surface area contributed by atoms with Gasteiger partial charge in [-0.15, -0.1) is 0 Å². The van der Waals surface area contributed by atoms with Gasteiger partial charge in [-0.05, 0) is 17.7 Å². The Morgan fingerprint density at radius 2 is 1.75 bits per heavy atom. The Morgan fingerprint density at radius 3 is 2.46 bits per heavy atom. The maximum atomic E-state index is 12.1. The van der Waals surface area contributed by atoms with E-state index in [0.29, 0.717) is 43.3 Å². The summed E-state index contributed by atoms with van der Waals surface area (Å²) >= 11 is 6.10. The number of nitrogens with one attached hydrogen (secondary N) is 1. The van der Waals surface area contributed by atoms with Crippen molar-refractivity contribution in [3.63, 3.8) is 0 Å². The van der Waals surface area contributed by atoms with Crippen molar-refractivity contribution < 1.29 is 9.72 Å². The fraction of sp³-hybridized carbons (Fsp3) is 0.350. The first-order valence-corrected chi connectivity index (χ1v) is 9.63. The lowest BCUT2D eigenvalue weighted by atomic mass is 10.2. The molecule has 0 radical (unpaired) electrons. The van der Waals surface area contributed by atoms with E-state index < -0.39 is 0 Å². The van der Waals surface area contributed by atoms with Crippen molar-refractivity contribution in [1.82, 2.24) is 10.2 Å². The Balaban J connectivity index is 1.43. The van der Waals surface area contributed by atoms with E-state index in [1.807, 2.05) is 29.2 Å². The van der Waals surface area contributed by atoms with Crippen molar-refractivity contribution in [2.24, 2.45) is 0 Å². The number of nitrogens with zero attached hydrogens (tertiary/aromatic N) is 3. The topological polar surface area (TPSA) is 78.7 Å². The number of hydrogen-bond acceptors (Lipinski definition) is 5. The zero-order valence-corrected chi connectivity index (χ0v) is 16.3. The highest BCUT2D eigenvalue weighted by Gasteiger charge is 2.23. The molecule has 0 spiro atoms. The average Bonchev–Trinajstić information content (AvgIpc) is 2.72. The predicted molar refractivity (Wildman–Crippen MR) is 110 cm³/mol. The molecule has 0 bridgehead atoms. The molecule has 0 unspecified atom stereocenters. The fourth-order valence-corrected chi connectivity index (χ4v) is 3.48. The van der Waals surface area contributed by atoms with Crippen LogP contribution >= 0.6 is 11.6 Å². The number of carbonyl (C=O) groups excluding carboxylic acids is 1. The minimum atomic E-state index is -0.342. The van der Waals surface area contributed by atoms with E-state index in [4.69, 9.17) is 11.6 Å². The van der Waals surface area contributed by atoms with Gasteiger partial charge in [-0.3, -0.25) is 19.8 Å². The van der Waals surface area contributed by atoms with Crippen LogP contribution in [0.4, 0.5) is 11.4 Å². The van der Waals surface area contributed by atoms with Crippen molar-refractivity contribution in [2.45, 2.75) is 13.0 Å². The van der Waals surface area contributed by atoms with E-state index in [-0.39, 0.29) is 16.5 Å². The van der Waals surface area contributed by atoms with Crippen molar-refractivity contribution >= 4 is 28.9 Å². The zero-order valence-electron chi connectivity index (χ0n) is 15.5. The summed E-state index contributed by atoms with van der Waals surface area (Å²) in [5.74, 6) is -0.0129. The molecule has 1 amide bonds. The van der Waals surface area contributed by atoms with Gasteiger partial charge in [0.05, 0.1) is 4.92 Å². The van der Waals surface area contributed by atoms with E-state index >= 15 is 0 Å². The molecule has 1 aliphatic heterocycles. The molecule has 8 heteroatoms. The van der Waals surface area contributed by atoms with Crippen LogP contribution in [0, 0.1) is 10.1 Å². The smallest absolute Gasteiger partial charge is 0.292 e. The van der Waals surface area contributed by atoms with Gasteiger partial charge in [0.25, 0.3) is 5.69 Å². The number of benzene rings is 2. The molecule has 3 rings (SSSR count). The first kappa shape index (κ1) is 20.1. The lowest BCUT2D eigenvalue weighted by Gasteiger charge is -2.35. The van der Waals surface area contributed by atoms with Gasteiger partial charge in [-0.2, -0.15) is 0 Å². The highest BCUT2D eigenvalue weighted by Crippen LogP contribution is 2.28. The third kappa shape index (κ3) is 5.21. The Morgan fingerprint density at radius 1 is 1.07 bits per heavy atom. The Bertz CT molecular complexity index is 838. The molecule has 0 aliphatic carbocycles. The van der Waals surface area contributed by atoms with Gasteiger partial charge in [0.15, 0.2) is 0 Å². The SMILES string of the molecule is O=C(CCN1CCN(c2ccccc2[N+](=O)[O-])CC1)NCc1ccccc1Cl. The molecule has 1 N–H and O–H groups in total. The van der Waals surface area contributed by atoms with Crippen molar-refractivity contribution in [1.29, 1.82) is 0 Å². The van der Waals surface area contributed by atoms with Crippen LogP contribution in [-0.2, 0) is 11.3 Å².